The van der Waals surface area contributed by atoms with Crippen LogP contribution in [0.25, 0.3) is 0 Å². The second-order valence-corrected chi connectivity index (χ2v) is 6.18. The Morgan fingerprint density at radius 3 is 2.53 bits per heavy atom. The van der Waals surface area contributed by atoms with Crippen LogP contribution >= 0.6 is 0 Å². The lowest BCUT2D eigenvalue weighted by molar-refractivity contribution is 0.0696. The van der Waals surface area contributed by atoms with Crippen LogP contribution in [0, 0.1) is 12.8 Å². The minimum absolute atomic E-state index is 0.0732. The van der Waals surface area contributed by atoms with E-state index in [-0.39, 0.29) is 17.2 Å². The van der Waals surface area contributed by atoms with Gasteiger partial charge >= 0.3 is 5.97 Å². The van der Waals surface area contributed by atoms with Gasteiger partial charge in [-0.15, -0.1) is 0 Å². The summed E-state index contributed by atoms with van der Waals surface area (Å²) >= 11 is 0. The van der Waals surface area contributed by atoms with Gasteiger partial charge in [0.1, 0.15) is 0 Å². The molecule has 0 saturated carbocycles. The van der Waals surface area contributed by atoms with E-state index in [0.717, 1.165) is 0 Å². The molecular formula is C12H18N2O4S. The molecule has 3 N–H and O–H groups in total. The molecule has 1 aromatic carbocycles. The van der Waals surface area contributed by atoms with Crippen LogP contribution < -0.4 is 9.44 Å². The van der Waals surface area contributed by atoms with Crippen molar-refractivity contribution in [3.63, 3.8) is 0 Å². The molecule has 0 radical (unpaired) electrons. The zero-order valence-electron chi connectivity index (χ0n) is 11.1. The molecule has 6 nitrogen and oxygen atoms in total. The number of benzene rings is 1. The van der Waals surface area contributed by atoms with Gasteiger partial charge in [-0.25, -0.2) is 4.79 Å². The zero-order chi connectivity index (χ0) is 14.6. The van der Waals surface area contributed by atoms with Crippen LogP contribution in [0.4, 0.5) is 5.69 Å². The summed E-state index contributed by atoms with van der Waals surface area (Å²) in [6.07, 6.45) is 0. The monoisotopic (exact) mass is 286 g/mol. The molecular weight excluding hydrogens is 268 g/mol. The average molecular weight is 286 g/mol. The van der Waals surface area contributed by atoms with Crippen LogP contribution in [-0.4, -0.2) is 26.0 Å². The fraction of sp³-hybridized carbons (Fsp3) is 0.417. The first-order valence-corrected chi connectivity index (χ1v) is 7.31. The quantitative estimate of drug-likeness (QED) is 0.740. The van der Waals surface area contributed by atoms with Gasteiger partial charge in [0.25, 0.3) is 10.2 Å². The summed E-state index contributed by atoms with van der Waals surface area (Å²) in [4.78, 5) is 11.0. The molecule has 0 spiro atoms. The molecule has 0 bridgehead atoms. The van der Waals surface area contributed by atoms with Crippen molar-refractivity contribution < 1.29 is 18.3 Å². The summed E-state index contributed by atoms with van der Waals surface area (Å²) in [5.74, 6) is -0.905. The summed E-state index contributed by atoms with van der Waals surface area (Å²) in [5.41, 5.74) is 0.869. The van der Waals surface area contributed by atoms with Gasteiger partial charge in [-0.2, -0.15) is 13.1 Å². The largest absolute Gasteiger partial charge is 0.478 e. The Morgan fingerprint density at radius 2 is 2.00 bits per heavy atom. The Balaban J connectivity index is 2.88. The van der Waals surface area contributed by atoms with Gasteiger partial charge in [-0.05, 0) is 30.5 Å². The SMILES string of the molecule is Cc1ccc(NS(=O)(=O)NCC(C)C)cc1C(=O)O. The van der Waals surface area contributed by atoms with Gasteiger partial charge in [0, 0.05) is 6.54 Å². The van der Waals surface area contributed by atoms with E-state index < -0.39 is 16.2 Å². The highest BCUT2D eigenvalue weighted by molar-refractivity contribution is 7.90. The van der Waals surface area contributed by atoms with E-state index in [1.807, 2.05) is 13.8 Å². The highest BCUT2D eigenvalue weighted by Crippen LogP contribution is 2.16. The molecule has 0 aliphatic rings. The maximum Gasteiger partial charge on any atom is 0.336 e. The highest BCUT2D eigenvalue weighted by atomic mass is 32.2. The van der Waals surface area contributed by atoms with Gasteiger partial charge in [0.2, 0.25) is 0 Å². The first-order chi connectivity index (χ1) is 8.71. The molecule has 19 heavy (non-hydrogen) atoms. The number of aryl methyl sites for hydroxylation is 1. The van der Waals surface area contributed by atoms with Crippen LogP contribution in [0.5, 0.6) is 0 Å². The summed E-state index contributed by atoms with van der Waals surface area (Å²) < 4.78 is 28.1. The van der Waals surface area contributed by atoms with Gasteiger partial charge in [0.15, 0.2) is 0 Å². The van der Waals surface area contributed by atoms with E-state index in [1.54, 1.807) is 13.0 Å². The maximum absolute atomic E-state index is 11.7. The fourth-order valence-corrected chi connectivity index (χ4v) is 2.45. The van der Waals surface area contributed by atoms with E-state index in [2.05, 4.69) is 9.44 Å². The Hall–Kier alpha value is -1.60. The van der Waals surface area contributed by atoms with E-state index in [0.29, 0.717) is 12.1 Å². The number of carboxylic acid groups (broad SMARTS) is 1. The van der Waals surface area contributed by atoms with E-state index in [1.165, 1.54) is 12.1 Å². The second-order valence-electron chi connectivity index (χ2n) is 4.68. The van der Waals surface area contributed by atoms with Crippen LogP contribution in [0.1, 0.15) is 29.8 Å². The van der Waals surface area contributed by atoms with Gasteiger partial charge in [0.05, 0.1) is 11.3 Å². The standard InChI is InChI=1S/C12H18N2O4S/c1-8(2)7-13-19(17,18)14-10-5-4-9(3)11(6-10)12(15)16/h4-6,8,13-14H,7H2,1-3H3,(H,15,16). The third-order valence-corrected chi connectivity index (χ3v) is 3.45. The van der Waals surface area contributed by atoms with Crippen LogP contribution in [0.15, 0.2) is 18.2 Å². The molecule has 1 aromatic rings. The van der Waals surface area contributed by atoms with Crippen molar-refractivity contribution in [2.45, 2.75) is 20.8 Å². The first-order valence-electron chi connectivity index (χ1n) is 5.82. The smallest absolute Gasteiger partial charge is 0.336 e. The molecule has 0 aliphatic carbocycles. The van der Waals surface area contributed by atoms with Crippen molar-refractivity contribution in [2.24, 2.45) is 5.92 Å². The van der Waals surface area contributed by atoms with Crippen molar-refractivity contribution in [2.75, 3.05) is 11.3 Å². The molecule has 0 aliphatic heterocycles. The molecule has 7 heteroatoms. The van der Waals surface area contributed by atoms with Crippen molar-refractivity contribution in [1.82, 2.24) is 4.72 Å². The van der Waals surface area contributed by atoms with Crippen molar-refractivity contribution >= 4 is 21.9 Å². The summed E-state index contributed by atoms with van der Waals surface area (Å²) in [5, 5.41) is 8.97. The lowest BCUT2D eigenvalue weighted by Crippen LogP contribution is -2.32. The number of carboxylic acids is 1. The Kier molecular flexibility index (Phi) is 4.90. The van der Waals surface area contributed by atoms with Crippen molar-refractivity contribution in [3.05, 3.63) is 29.3 Å². The summed E-state index contributed by atoms with van der Waals surface area (Å²) in [6.45, 7) is 5.74. The first kappa shape index (κ1) is 15.5. The molecule has 0 unspecified atom stereocenters. The number of nitrogens with one attached hydrogen (secondary N) is 2. The summed E-state index contributed by atoms with van der Waals surface area (Å²) in [7, 11) is -3.68. The number of hydrogen-bond donors (Lipinski definition) is 3. The molecule has 106 valence electrons. The van der Waals surface area contributed by atoms with Crippen LogP contribution in [0.2, 0.25) is 0 Å². The van der Waals surface area contributed by atoms with E-state index >= 15 is 0 Å². The third-order valence-electron chi connectivity index (χ3n) is 2.40. The molecule has 1 rings (SSSR count). The van der Waals surface area contributed by atoms with Gasteiger partial charge in [-0.3, -0.25) is 4.72 Å². The number of carbonyl (C=O) groups is 1. The second kappa shape index (κ2) is 6.03. The minimum Gasteiger partial charge on any atom is -0.478 e. The molecule has 0 aromatic heterocycles. The van der Waals surface area contributed by atoms with E-state index in [4.69, 9.17) is 5.11 Å². The number of anilines is 1. The summed E-state index contributed by atoms with van der Waals surface area (Å²) in [6, 6.07) is 4.38. The zero-order valence-corrected chi connectivity index (χ0v) is 11.9. The van der Waals surface area contributed by atoms with E-state index in [9.17, 15) is 13.2 Å². The predicted molar refractivity (Wildman–Crippen MR) is 73.5 cm³/mol. The highest BCUT2D eigenvalue weighted by Gasteiger charge is 2.13. The van der Waals surface area contributed by atoms with Gasteiger partial charge < -0.3 is 5.11 Å². The van der Waals surface area contributed by atoms with Gasteiger partial charge in [-0.1, -0.05) is 19.9 Å². The molecule has 0 amide bonds. The Morgan fingerprint density at radius 1 is 1.37 bits per heavy atom. The van der Waals surface area contributed by atoms with Crippen LogP contribution in [0.3, 0.4) is 0 Å². The normalized spacial score (nSPS) is 11.6. The molecule has 0 heterocycles. The lowest BCUT2D eigenvalue weighted by atomic mass is 10.1. The van der Waals surface area contributed by atoms with Crippen molar-refractivity contribution in [1.29, 1.82) is 0 Å². The predicted octanol–water partition coefficient (Wildman–Crippen LogP) is 1.60. The number of aromatic carboxylic acids is 1. The number of hydrogen-bond acceptors (Lipinski definition) is 3. The third kappa shape index (κ3) is 4.88. The Labute approximate surface area is 113 Å². The molecule has 0 saturated heterocycles. The van der Waals surface area contributed by atoms with Crippen LogP contribution in [-0.2, 0) is 10.2 Å². The maximum atomic E-state index is 11.7. The van der Waals surface area contributed by atoms with Crippen molar-refractivity contribution in [3.8, 4) is 0 Å². The fourth-order valence-electron chi connectivity index (χ4n) is 1.38. The average Bonchev–Trinajstić information content (AvgIpc) is 2.28. The molecule has 0 atom stereocenters. The minimum atomic E-state index is -3.68. The number of rotatable bonds is 6. The lowest BCUT2D eigenvalue weighted by Gasteiger charge is -2.12. The Bertz CT molecular complexity index is 567. The topological polar surface area (TPSA) is 95.5 Å². The molecule has 0 fully saturated rings.